The minimum Gasteiger partial charge on any atom is -0.382 e. The number of rotatable bonds is 4. The SMILES string of the molecule is CC(C)c1ccc(-n2nnc(-c3nc(-c4ccc(Br)cc4)no3)c2N)cc1. The van der Waals surface area contributed by atoms with Gasteiger partial charge in [0.2, 0.25) is 5.82 Å². The molecule has 4 rings (SSSR count). The molecule has 27 heavy (non-hydrogen) atoms. The van der Waals surface area contributed by atoms with Crippen LogP contribution in [0.5, 0.6) is 0 Å². The number of anilines is 1. The summed E-state index contributed by atoms with van der Waals surface area (Å²) in [6.07, 6.45) is 0. The average Bonchev–Trinajstić information content (AvgIpc) is 3.29. The molecule has 0 fully saturated rings. The van der Waals surface area contributed by atoms with E-state index in [0.29, 0.717) is 23.3 Å². The van der Waals surface area contributed by atoms with Gasteiger partial charge in [-0.3, -0.25) is 0 Å². The molecular weight excluding hydrogens is 408 g/mol. The molecule has 0 aliphatic heterocycles. The fourth-order valence-electron chi connectivity index (χ4n) is 2.67. The predicted octanol–water partition coefficient (Wildman–Crippen LogP) is 4.45. The molecule has 0 atom stereocenters. The van der Waals surface area contributed by atoms with Crippen molar-refractivity contribution >= 4 is 21.7 Å². The highest BCUT2D eigenvalue weighted by molar-refractivity contribution is 9.10. The average molecular weight is 425 g/mol. The largest absolute Gasteiger partial charge is 0.382 e. The summed E-state index contributed by atoms with van der Waals surface area (Å²) in [5.41, 5.74) is 9.50. The van der Waals surface area contributed by atoms with Gasteiger partial charge in [0, 0.05) is 10.0 Å². The first-order chi connectivity index (χ1) is 13.0. The van der Waals surface area contributed by atoms with Gasteiger partial charge in [0.1, 0.15) is 0 Å². The molecule has 8 heteroatoms. The summed E-state index contributed by atoms with van der Waals surface area (Å²) in [4.78, 5) is 4.40. The maximum atomic E-state index is 6.24. The van der Waals surface area contributed by atoms with Crippen LogP contribution in [0.4, 0.5) is 5.82 Å². The number of halogens is 1. The molecule has 0 radical (unpaired) electrons. The van der Waals surface area contributed by atoms with E-state index >= 15 is 0 Å². The van der Waals surface area contributed by atoms with Crippen molar-refractivity contribution in [2.75, 3.05) is 5.73 Å². The molecule has 4 aromatic rings. The lowest BCUT2D eigenvalue weighted by atomic mass is 10.0. The number of nitrogens with two attached hydrogens (primary N) is 1. The molecule has 0 amide bonds. The topological polar surface area (TPSA) is 95.6 Å². The van der Waals surface area contributed by atoms with Gasteiger partial charge in [-0.25, -0.2) is 0 Å². The normalized spacial score (nSPS) is 11.3. The fourth-order valence-corrected chi connectivity index (χ4v) is 2.93. The van der Waals surface area contributed by atoms with Crippen molar-refractivity contribution in [3.63, 3.8) is 0 Å². The van der Waals surface area contributed by atoms with E-state index in [1.165, 1.54) is 5.56 Å². The first-order valence-corrected chi connectivity index (χ1v) is 9.24. The van der Waals surface area contributed by atoms with Crippen molar-refractivity contribution in [1.29, 1.82) is 0 Å². The Morgan fingerprint density at radius 3 is 2.41 bits per heavy atom. The number of nitrogen functional groups attached to an aromatic ring is 1. The lowest BCUT2D eigenvalue weighted by Crippen LogP contribution is -2.02. The molecule has 0 aliphatic carbocycles. The quantitative estimate of drug-likeness (QED) is 0.519. The molecule has 0 unspecified atom stereocenters. The molecule has 0 saturated heterocycles. The second-order valence-corrected chi connectivity index (χ2v) is 7.33. The van der Waals surface area contributed by atoms with Gasteiger partial charge < -0.3 is 10.3 Å². The summed E-state index contributed by atoms with van der Waals surface area (Å²) in [5, 5.41) is 12.3. The van der Waals surface area contributed by atoms with Crippen molar-refractivity contribution in [3.8, 4) is 28.7 Å². The Balaban J connectivity index is 1.65. The number of aromatic nitrogens is 5. The molecule has 0 saturated carbocycles. The Kier molecular flexibility index (Phi) is 4.49. The van der Waals surface area contributed by atoms with Crippen molar-refractivity contribution in [2.45, 2.75) is 19.8 Å². The smallest absolute Gasteiger partial charge is 0.282 e. The Morgan fingerprint density at radius 1 is 1.04 bits per heavy atom. The molecule has 2 heterocycles. The molecule has 2 aromatic heterocycles. The fraction of sp³-hybridized carbons (Fsp3) is 0.158. The van der Waals surface area contributed by atoms with Gasteiger partial charge in [-0.05, 0) is 47.9 Å². The Hall–Kier alpha value is -3.00. The Bertz CT molecular complexity index is 1070. The van der Waals surface area contributed by atoms with Gasteiger partial charge in [0.05, 0.1) is 5.69 Å². The minimum atomic E-state index is 0.232. The third kappa shape index (κ3) is 3.35. The second kappa shape index (κ2) is 6.96. The highest BCUT2D eigenvalue weighted by atomic mass is 79.9. The van der Waals surface area contributed by atoms with Crippen molar-refractivity contribution in [2.24, 2.45) is 0 Å². The van der Waals surface area contributed by atoms with E-state index in [1.54, 1.807) is 4.68 Å². The molecule has 136 valence electrons. The van der Waals surface area contributed by atoms with Gasteiger partial charge in [-0.1, -0.05) is 52.3 Å². The number of hydrogen-bond donors (Lipinski definition) is 1. The van der Waals surface area contributed by atoms with Gasteiger partial charge in [-0.2, -0.15) is 9.67 Å². The van der Waals surface area contributed by atoms with Crippen LogP contribution in [-0.4, -0.2) is 25.1 Å². The molecule has 0 spiro atoms. The summed E-state index contributed by atoms with van der Waals surface area (Å²) in [5.74, 6) is 1.50. The number of benzene rings is 2. The monoisotopic (exact) mass is 424 g/mol. The van der Waals surface area contributed by atoms with E-state index in [1.807, 2.05) is 36.4 Å². The van der Waals surface area contributed by atoms with E-state index in [2.05, 4.69) is 62.4 Å². The van der Waals surface area contributed by atoms with Crippen LogP contribution < -0.4 is 5.73 Å². The summed E-state index contributed by atoms with van der Waals surface area (Å²) < 4.78 is 7.88. The maximum absolute atomic E-state index is 6.24. The molecule has 2 aromatic carbocycles. The van der Waals surface area contributed by atoms with E-state index in [-0.39, 0.29) is 5.89 Å². The van der Waals surface area contributed by atoms with Crippen molar-refractivity contribution in [3.05, 3.63) is 58.6 Å². The molecular formula is C19H17BrN6O. The van der Waals surface area contributed by atoms with Crippen LogP contribution in [0.1, 0.15) is 25.3 Å². The third-order valence-electron chi connectivity index (χ3n) is 4.24. The summed E-state index contributed by atoms with van der Waals surface area (Å²) >= 11 is 3.40. The Labute approximate surface area is 164 Å². The summed E-state index contributed by atoms with van der Waals surface area (Å²) in [6.45, 7) is 4.30. The van der Waals surface area contributed by atoms with Crippen LogP contribution in [0.25, 0.3) is 28.7 Å². The van der Waals surface area contributed by atoms with E-state index < -0.39 is 0 Å². The summed E-state index contributed by atoms with van der Waals surface area (Å²) in [6, 6.07) is 15.7. The standard InChI is InChI=1S/C19H17BrN6O/c1-11(2)12-5-9-15(10-6-12)26-17(21)16(23-25-26)19-22-18(24-27-19)13-3-7-14(20)8-4-13/h3-11H,21H2,1-2H3. The van der Waals surface area contributed by atoms with Crippen LogP contribution in [0, 0.1) is 0 Å². The van der Waals surface area contributed by atoms with Gasteiger partial charge >= 0.3 is 0 Å². The maximum Gasteiger partial charge on any atom is 0.282 e. The molecule has 7 nitrogen and oxygen atoms in total. The van der Waals surface area contributed by atoms with Gasteiger partial charge in [-0.15, -0.1) is 5.10 Å². The van der Waals surface area contributed by atoms with Crippen LogP contribution in [0.2, 0.25) is 0 Å². The van der Waals surface area contributed by atoms with Crippen molar-refractivity contribution < 1.29 is 4.52 Å². The third-order valence-corrected chi connectivity index (χ3v) is 4.77. The van der Waals surface area contributed by atoms with Crippen LogP contribution in [0.3, 0.4) is 0 Å². The van der Waals surface area contributed by atoms with Gasteiger partial charge in [0.15, 0.2) is 11.5 Å². The molecule has 0 aliphatic rings. The van der Waals surface area contributed by atoms with Gasteiger partial charge in [0.25, 0.3) is 5.89 Å². The van der Waals surface area contributed by atoms with E-state index in [9.17, 15) is 0 Å². The van der Waals surface area contributed by atoms with E-state index in [4.69, 9.17) is 10.3 Å². The molecule has 0 bridgehead atoms. The number of hydrogen-bond acceptors (Lipinski definition) is 6. The molecule has 2 N–H and O–H groups in total. The predicted molar refractivity (Wildman–Crippen MR) is 106 cm³/mol. The van der Waals surface area contributed by atoms with Crippen LogP contribution in [-0.2, 0) is 0 Å². The van der Waals surface area contributed by atoms with Crippen LogP contribution in [0.15, 0.2) is 57.5 Å². The number of nitrogens with zero attached hydrogens (tertiary/aromatic N) is 5. The lowest BCUT2D eigenvalue weighted by Gasteiger charge is -2.07. The first-order valence-electron chi connectivity index (χ1n) is 8.44. The summed E-state index contributed by atoms with van der Waals surface area (Å²) in [7, 11) is 0. The second-order valence-electron chi connectivity index (χ2n) is 6.41. The Morgan fingerprint density at radius 2 is 1.74 bits per heavy atom. The first kappa shape index (κ1) is 17.4. The highest BCUT2D eigenvalue weighted by Crippen LogP contribution is 2.27. The zero-order valence-electron chi connectivity index (χ0n) is 14.8. The van der Waals surface area contributed by atoms with Crippen LogP contribution >= 0.6 is 15.9 Å². The van der Waals surface area contributed by atoms with E-state index in [0.717, 1.165) is 15.7 Å². The van der Waals surface area contributed by atoms with Crippen molar-refractivity contribution in [1.82, 2.24) is 25.1 Å². The lowest BCUT2D eigenvalue weighted by molar-refractivity contribution is 0.431. The highest BCUT2D eigenvalue weighted by Gasteiger charge is 2.20. The zero-order valence-corrected chi connectivity index (χ0v) is 16.4. The zero-order chi connectivity index (χ0) is 19.0. The minimum absolute atomic E-state index is 0.232.